The first-order chi connectivity index (χ1) is 5.72. The second kappa shape index (κ2) is 4.03. The lowest BCUT2D eigenvalue weighted by Crippen LogP contribution is -2.36. The fourth-order valence-electron chi connectivity index (χ4n) is 0.633. The molecule has 1 aromatic heterocycles. The lowest BCUT2D eigenvalue weighted by Gasteiger charge is -1.97. The number of hydrogen-bond donors (Lipinski definition) is 3. The number of nitrogens with two attached hydrogens (primary N) is 2. The van der Waals surface area contributed by atoms with E-state index >= 15 is 0 Å². The minimum absolute atomic E-state index is 0.148. The highest BCUT2D eigenvalue weighted by Crippen LogP contribution is 2.15. The standard InChI is InChI=1S/C6H8BrN5/c7-4-1-5(3-10-2-4)11-6(8)12-9/h1-3H,9H2,(H3,8,11,12). The van der Waals surface area contributed by atoms with Gasteiger partial charge in [0, 0.05) is 10.7 Å². The molecule has 0 fully saturated rings. The second-order valence-corrected chi connectivity index (χ2v) is 2.92. The van der Waals surface area contributed by atoms with Crippen molar-refractivity contribution >= 4 is 27.6 Å². The van der Waals surface area contributed by atoms with E-state index in [0.29, 0.717) is 5.69 Å². The van der Waals surface area contributed by atoms with Crippen molar-refractivity contribution < 1.29 is 0 Å². The van der Waals surface area contributed by atoms with E-state index in [4.69, 9.17) is 11.6 Å². The maximum Gasteiger partial charge on any atom is 0.208 e. The van der Waals surface area contributed by atoms with Crippen LogP contribution in [0.1, 0.15) is 0 Å². The lowest BCUT2D eigenvalue weighted by atomic mass is 10.4. The minimum Gasteiger partial charge on any atom is -0.369 e. The molecule has 0 aromatic carbocycles. The van der Waals surface area contributed by atoms with Gasteiger partial charge in [0.2, 0.25) is 5.96 Å². The van der Waals surface area contributed by atoms with Crippen LogP contribution in [0.4, 0.5) is 5.69 Å². The van der Waals surface area contributed by atoms with Crippen LogP contribution in [0.25, 0.3) is 0 Å². The number of aliphatic imine (C=N–C) groups is 1. The van der Waals surface area contributed by atoms with E-state index in [0.717, 1.165) is 4.47 Å². The molecule has 6 heteroatoms. The highest BCUT2D eigenvalue weighted by atomic mass is 79.9. The molecule has 0 aliphatic heterocycles. The van der Waals surface area contributed by atoms with Gasteiger partial charge in [-0.25, -0.2) is 10.8 Å². The van der Waals surface area contributed by atoms with Crippen LogP contribution in [0.15, 0.2) is 27.9 Å². The molecule has 0 spiro atoms. The molecule has 0 bridgehead atoms. The number of pyridine rings is 1. The molecule has 1 aromatic rings. The smallest absolute Gasteiger partial charge is 0.208 e. The van der Waals surface area contributed by atoms with Crippen LogP contribution < -0.4 is 17.0 Å². The summed E-state index contributed by atoms with van der Waals surface area (Å²) in [6.45, 7) is 0. The Morgan fingerprint density at radius 1 is 1.58 bits per heavy atom. The predicted molar refractivity (Wildman–Crippen MR) is 50.5 cm³/mol. The van der Waals surface area contributed by atoms with E-state index in [1.807, 2.05) is 0 Å². The largest absolute Gasteiger partial charge is 0.369 e. The van der Waals surface area contributed by atoms with E-state index in [-0.39, 0.29) is 5.96 Å². The Morgan fingerprint density at radius 2 is 2.33 bits per heavy atom. The van der Waals surface area contributed by atoms with Gasteiger partial charge < -0.3 is 5.73 Å². The minimum atomic E-state index is 0.148. The van der Waals surface area contributed by atoms with E-state index in [1.165, 1.54) is 0 Å². The van der Waals surface area contributed by atoms with Crippen LogP contribution in [0.2, 0.25) is 0 Å². The zero-order valence-corrected chi connectivity index (χ0v) is 7.75. The summed E-state index contributed by atoms with van der Waals surface area (Å²) >= 11 is 3.25. The number of guanidine groups is 1. The van der Waals surface area contributed by atoms with Crippen molar-refractivity contribution in [3.8, 4) is 0 Å². The monoisotopic (exact) mass is 229 g/mol. The summed E-state index contributed by atoms with van der Waals surface area (Å²) in [5.41, 5.74) is 8.18. The van der Waals surface area contributed by atoms with Crippen LogP contribution in [-0.2, 0) is 0 Å². The molecular formula is C6H8BrN5. The van der Waals surface area contributed by atoms with Gasteiger partial charge in [-0.2, -0.15) is 0 Å². The molecule has 64 valence electrons. The normalized spacial score (nSPS) is 11.3. The van der Waals surface area contributed by atoms with Crippen LogP contribution in [-0.4, -0.2) is 10.9 Å². The van der Waals surface area contributed by atoms with E-state index in [1.54, 1.807) is 18.5 Å². The molecule has 0 amide bonds. The summed E-state index contributed by atoms with van der Waals surface area (Å²) in [5.74, 6) is 5.17. The fraction of sp³-hybridized carbons (Fsp3) is 0. The molecular weight excluding hydrogens is 222 g/mol. The average molecular weight is 230 g/mol. The van der Waals surface area contributed by atoms with Crippen molar-refractivity contribution in [1.82, 2.24) is 10.4 Å². The first kappa shape index (κ1) is 8.95. The first-order valence-electron chi connectivity index (χ1n) is 3.13. The highest BCUT2D eigenvalue weighted by Gasteiger charge is 1.92. The third-order valence-electron chi connectivity index (χ3n) is 1.09. The highest BCUT2D eigenvalue weighted by molar-refractivity contribution is 9.10. The van der Waals surface area contributed by atoms with Crippen molar-refractivity contribution in [2.75, 3.05) is 0 Å². The number of rotatable bonds is 1. The lowest BCUT2D eigenvalue weighted by molar-refractivity contribution is 1.01. The van der Waals surface area contributed by atoms with Crippen molar-refractivity contribution in [2.45, 2.75) is 0 Å². The summed E-state index contributed by atoms with van der Waals surface area (Å²) in [4.78, 5) is 7.80. The van der Waals surface area contributed by atoms with Gasteiger partial charge in [0.15, 0.2) is 0 Å². The third-order valence-corrected chi connectivity index (χ3v) is 1.52. The number of hydrazine groups is 1. The Kier molecular flexibility index (Phi) is 3.01. The third kappa shape index (κ3) is 2.48. The van der Waals surface area contributed by atoms with Gasteiger partial charge in [0.1, 0.15) is 0 Å². The number of nitrogens with zero attached hydrogens (tertiary/aromatic N) is 2. The Morgan fingerprint density at radius 3 is 2.92 bits per heavy atom. The number of nitrogens with one attached hydrogen (secondary N) is 1. The zero-order valence-electron chi connectivity index (χ0n) is 6.16. The van der Waals surface area contributed by atoms with E-state index < -0.39 is 0 Å². The van der Waals surface area contributed by atoms with Gasteiger partial charge in [-0.05, 0) is 22.0 Å². The quantitative estimate of drug-likeness (QED) is 0.279. The summed E-state index contributed by atoms with van der Waals surface area (Å²) in [7, 11) is 0. The Hall–Kier alpha value is -1.14. The molecule has 1 heterocycles. The summed E-state index contributed by atoms with van der Waals surface area (Å²) in [6.07, 6.45) is 3.24. The van der Waals surface area contributed by atoms with Crippen molar-refractivity contribution in [3.05, 3.63) is 22.9 Å². The number of aromatic nitrogens is 1. The zero-order chi connectivity index (χ0) is 8.97. The van der Waals surface area contributed by atoms with Gasteiger partial charge in [0.05, 0.1) is 11.9 Å². The number of hydrogen-bond acceptors (Lipinski definition) is 3. The molecule has 0 radical (unpaired) electrons. The molecule has 5 nitrogen and oxygen atoms in total. The topological polar surface area (TPSA) is 89.3 Å². The molecule has 0 saturated carbocycles. The van der Waals surface area contributed by atoms with E-state index in [9.17, 15) is 0 Å². The van der Waals surface area contributed by atoms with Crippen LogP contribution in [0.3, 0.4) is 0 Å². The fourth-order valence-corrected chi connectivity index (χ4v) is 0.986. The van der Waals surface area contributed by atoms with Crippen molar-refractivity contribution in [1.29, 1.82) is 0 Å². The van der Waals surface area contributed by atoms with Gasteiger partial charge in [-0.1, -0.05) is 0 Å². The molecule has 0 aliphatic rings. The molecule has 0 aliphatic carbocycles. The van der Waals surface area contributed by atoms with Crippen LogP contribution in [0, 0.1) is 0 Å². The van der Waals surface area contributed by atoms with Gasteiger partial charge >= 0.3 is 0 Å². The Bertz CT molecular complexity index is 298. The Labute approximate surface area is 78.0 Å². The van der Waals surface area contributed by atoms with Crippen LogP contribution >= 0.6 is 15.9 Å². The molecule has 12 heavy (non-hydrogen) atoms. The summed E-state index contributed by atoms with van der Waals surface area (Å²) < 4.78 is 0.841. The second-order valence-electron chi connectivity index (χ2n) is 2.00. The van der Waals surface area contributed by atoms with Crippen molar-refractivity contribution in [3.63, 3.8) is 0 Å². The maximum atomic E-state index is 5.33. The molecule has 1 rings (SSSR count). The first-order valence-corrected chi connectivity index (χ1v) is 3.93. The molecule has 0 unspecified atom stereocenters. The van der Waals surface area contributed by atoms with Gasteiger partial charge in [-0.15, -0.1) is 0 Å². The molecule has 0 saturated heterocycles. The van der Waals surface area contributed by atoms with E-state index in [2.05, 4.69) is 31.3 Å². The Balaban J connectivity index is 2.89. The summed E-state index contributed by atoms with van der Waals surface area (Å²) in [5, 5.41) is 0. The molecule has 0 atom stereocenters. The predicted octanol–water partition coefficient (Wildman–Crippen LogP) is 0.254. The SMILES string of the molecule is NNC(N)=Nc1cncc(Br)c1. The van der Waals surface area contributed by atoms with Gasteiger partial charge in [0.25, 0.3) is 0 Å². The number of halogens is 1. The molecule has 5 N–H and O–H groups in total. The van der Waals surface area contributed by atoms with Crippen LogP contribution in [0.5, 0.6) is 0 Å². The van der Waals surface area contributed by atoms with Gasteiger partial charge in [-0.3, -0.25) is 10.4 Å². The van der Waals surface area contributed by atoms with Crippen molar-refractivity contribution in [2.24, 2.45) is 16.6 Å². The summed E-state index contributed by atoms with van der Waals surface area (Å²) in [6, 6.07) is 1.78. The maximum absolute atomic E-state index is 5.33. The average Bonchev–Trinajstić information content (AvgIpc) is 2.04.